The first-order valence-corrected chi connectivity index (χ1v) is 6.26. The fourth-order valence-corrected chi connectivity index (χ4v) is 2.35. The highest BCUT2D eigenvalue weighted by Gasteiger charge is 2.06. The first kappa shape index (κ1) is 10.3. The van der Waals surface area contributed by atoms with Crippen molar-refractivity contribution in [1.82, 2.24) is 14.5 Å². The number of nitrogens with one attached hydrogen (secondary N) is 1. The lowest BCUT2D eigenvalue weighted by molar-refractivity contribution is 0.834. The van der Waals surface area contributed by atoms with Crippen molar-refractivity contribution < 1.29 is 0 Å². The van der Waals surface area contributed by atoms with Crippen molar-refractivity contribution in [1.29, 1.82) is 0 Å². The summed E-state index contributed by atoms with van der Waals surface area (Å²) in [5, 5.41) is 6.15. The van der Waals surface area contributed by atoms with Gasteiger partial charge in [-0.1, -0.05) is 12.1 Å². The second-order valence-corrected chi connectivity index (χ2v) is 4.66. The standard InChI is InChI=1S/C12H12N4S/c1-16-10-5-3-2-4-9(10)15-11(16)8-14-12-13-6-7-17-12/h2-7H,8H2,1H3,(H,13,14). The van der Waals surface area contributed by atoms with Gasteiger partial charge in [-0.3, -0.25) is 0 Å². The van der Waals surface area contributed by atoms with E-state index in [-0.39, 0.29) is 0 Å². The zero-order chi connectivity index (χ0) is 11.7. The normalized spacial score (nSPS) is 10.9. The lowest BCUT2D eigenvalue weighted by Crippen LogP contribution is -2.05. The highest BCUT2D eigenvalue weighted by atomic mass is 32.1. The Kier molecular flexibility index (Phi) is 2.53. The van der Waals surface area contributed by atoms with E-state index in [1.807, 2.05) is 30.6 Å². The monoisotopic (exact) mass is 244 g/mol. The molecule has 1 N–H and O–H groups in total. The zero-order valence-corrected chi connectivity index (χ0v) is 10.2. The molecule has 4 nitrogen and oxygen atoms in total. The molecule has 0 aliphatic rings. The number of para-hydroxylation sites is 2. The zero-order valence-electron chi connectivity index (χ0n) is 9.42. The van der Waals surface area contributed by atoms with Crippen LogP contribution in [0.5, 0.6) is 0 Å². The molecule has 0 fully saturated rings. The molecule has 3 aromatic rings. The van der Waals surface area contributed by atoms with Gasteiger partial charge in [0.25, 0.3) is 0 Å². The van der Waals surface area contributed by atoms with E-state index in [9.17, 15) is 0 Å². The Morgan fingerprint density at radius 1 is 1.35 bits per heavy atom. The minimum absolute atomic E-state index is 0.693. The Balaban J connectivity index is 1.88. The van der Waals surface area contributed by atoms with E-state index >= 15 is 0 Å². The van der Waals surface area contributed by atoms with Crippen LogP contribution in [0.25, 0.3) is 11.0 Å². The van der Waals surface area contributed by atoms with E-state index < -0.39 is 0 Å². The van der Waals surface area contributed by atoms with Crippen LogP contribution in [-0.4, -0.2) is 14.5 Å². The molecule has 2 aromatic heterocycles. The molecule has 17 heavy (non-hydrogen) atoms. The summed E-state index contributed by atoms with van der Waals surface area (Å²) in [5.74, 6) is 1.02. The van der Waals surface area contributed by atoms with Crippen molar-refractivity contribution in [3.8, 4) is 0 Å². The van der Waals surface area contributed by atoms with Crippen LogP contribution in [-0.2, 0) is 13.6 Å². The predicted molar refractivity (Wildman–Crippen MR) is 70.2 cm³/mol. The number of hydrogen-bond donors (Lipinski definition) is 1. The third-order valence-corrected chi connectivity index (χ3v) is 3.44. The molecule has 86 valence electrons. The van der Waals surface area contributed by atoms with Gasteiger partial charge in [0.05, 0.1) is 17.6 Å². The maximum absolute atomic E-state index is 4.59. The summed E-state index contributed by atoms with van der Waals surface area (Å²) < 4.78 is 2.11. The van der Waals surface area contributed by atoms with Crippen molar-refractivity contribution in [3.05, 3.63) is 41.7 Å². The SMILES string of the molecule is Cn1c(CNc2nccs2)nc2ccccc21. The quantitative estimate of drug-likeness (QED) is 0.770. The Morgan fingerprint density at radius 2 is 2.24 bits per heavy atom. The molecular weight excluding hydrogens is 232 g/mol. The lowest BCUT2D eigenvalue weighted by Gasteiger charge is -2.03. The number of hydrogen-bond acceptors (Lipinski definition) is 4. The summed E-state index contributed by atoms with van der Waals surface area (Å²) in [6, 6.07) is 8.15. The van der Waals surface area contributed by atoms with E-state index in [4.69, 9.17) is 0 Å². The number of aryl methyl sites for hydroxylation is 1. The van der Waals surface area contributed by atoms with Crippen LogP contribution in [0.15, 0.2) is 35.8 Å². The first-order valence-electron chi connectivity index (χ1n) is 5.38. The number of benzene rings is 1. The highest BCUT2D eigenvalue weighted by Crippen LogP contribution is 2.16. The second-order valence-electron chi connectivity index (χ2n) is 3.77. The number of nitrogens with zero attached hydrogens (tertiary/aromatic N) is 3. The molecular formula is C12H12N4S. The minimum atomic E-state index is 0.693. The van der Waals surface area contributed by atoms with Crippen molar-refractivity contribution in [2.75, 3.05) is 5.32 Å². The van der Waals surface area contributed by atoms with Crippen molar-refractivity contribution in [2.45, 2.75) is 6.54 Å². The molecule has 0 saturated heterocycles. The van der Waals surface area contributed by atoms with Crippen LogP contribution in [0.4, 0.5) is 5.13 Å². The average molecular weight is 244 g/mol. The topological polar surface area (TPSA) is 42.7 Å². The summed E-state index contributed by atoms with van der Waals surface area (Å²) in [6.07, 6.45) is 1.79. The second kappa shape index (κ2) is 4.18. The number of rotatable bonds is 3. The van der Waals surface area contributed by atoms with Crippen LogP contribution in [0.3, 0.4) is 0 Å². The van der Waals surface area contributed by atoms with Gasteiger partial charge in [-0.2, -0.15) is 0 Å². The van der Waals surface area contributed by atoms with Crippen LogP contribution >= 0.6 is 11.3 Å². The molecule has 2 heterocycles. The van der Waals surface area contributed by atoms with E-state index in [0.29, 0.717) is 6.54 Å². The van der Waals surface area contributed by atoms with E-state index in [2.05, 4.69) is 25.9 Å². The van der Waals surface area contributed by atoms with Crippen LogP contribution in [0.1, 0.15) is 5.82 Å². The van der Waals surface area contributed by atoms with E-state index in [1.54, 1.807) is 17.5 Å². The van der Waals surface area contributed by atoms with Crippen LogP contribution < -0.4 is 5.32 Å². The first-order chi connectivity index (χ1) is 8.34. The van der Waals surface area contributed by atoms with Gasteiger partial charge in [0.2, 0.25) is 0 Å². The summed E-state index contributed by atoms with van der Waals surface area (Å²) in [4.78, 5) is 8.77. The average Bonchev–Trinajstić information content (AvgIpc) is 2.96. The third-order valence-electron chi connectivity index (χ3n) is 2.71. The van der Waals surface area contributed by atoms with Crippen molar-refractivity contribution in [3.63, 3.8) is 0 Å². The molecule has 0 unspecified atom stereocenters. The Bertz CT molecular complexity index is 627. The molecule has 0 aliphatic heterocycles. The number of aromatic nitrogens is 3. The van der Waals surface area contributed by atoms with Gasteiger partial charge in [-0.25, -0.2) is 9.97 Å². The van der Waals surface area contributed by atoms with Gasteiger partial charge in [0.1, 0.15) is 5.82 Å². The molecule has 0 spiro atoms. The number of thiazole rings is 1. The Morgan fingerprint density at radius 3 is 3.00 bits per heavy atom. The van der Waals surface area contributed by atoms with Gasteiger partial charge in [0, 0.05) is 18.6 Å². The highest BCUT2D eigenvalue weighted by molar-refractivity contribution is 7.13. The smallest absolute Gasteiger partial charge is 0.182 e. The van der Waals surface area contributed by atoms with Gasteiger partial charge in [0.15, 0.2) is 5.13 Å². The number of anilines is 1. The largest absolute Gasteiger partial charge is 0.354 e. The summed E-state index contributed by atoms with van der Waals surface area (Å²) in [5.41, 5.74) is 2.19. The van der Waals surface area contributed by atoms with Crippen molar-refractivity contribution in [2.24, 2.45) is 7.05 Å². The molecule has 0 saturated carbocycles. The maximum atomic E-state index is 4.59. The molecule has 0 aliphatic carbocycles. The molecule has 0 radical (unpaired) electrons. The summed E-state index contributed by atoms with van der Waals surface area (Å²) in [6.45, 7) is 0.693. The van der Waals surface area contributed by atoms with Crippen LogP contribution in [0, 0.1) is 0 Å². The fraction of sp³-hybridized carbons (Fsp3) is 0.167. The molecule has 1 aromatic carbocycles. The maximum Gasteiger partial charge on any atom is 0.182 e. The lowest BCUT2D eigenvalue weighted by atomic mass is 10.3. The molecule has 3 rings (SSSR count). The molecule has 0 bridgehead atoms. The third kappa shape index (κ3) is 1.89. The van der Waals surface area contributed by atoms with Crippen LogP contribution in [0.2, 0.25) is 0 Å². The van der Waals surface area contributed by atoms with Crippen molar-refractivity contribution >= 4 is 27.5 Å². The van der Waals surface area contributed by atoms with E-state index in [1.165, 1.54) is 0 Å². The van der Waals surface area contributed by atoms with Gasteiger partial charge in [-0.05, 0) is 12.1 Å². The molecule has 5 heteroatoms. The summed E-state index contributed by atoms with van der Waals surface area (Å²) in [7, 11) is 2.04. The predicted octanol–water partition coefficient (Wildman–Crippen LogP) is 2.64. The van der Waals surface area contributed by atoms with Gasteiger partial charge >= 0.3 is 0 Å². The Labute approximate surface area is 103 Å². The van der Waals surface area contributed by atoms with Gasteiger partial charge in [-0.15, -0.1) is 11.3 Å². The van der Waals surface area contributed by atoms with E-state index in [0.717, 1.165) is 22.0 Å². The fourth-order valence-electron chi connectivity index (χ4n) is 1.82. The minimum Gasteiger partial charge on any atom is -0.354 e. The summed E-state index contributed by atoms with van der Waals surface area (Å²) >= 11 is 1.60. The molecule has 0 amide bonds. The number of fused-ring (bicyclic) bond motifs is 1. The van der Waals surface area contributed by atoms with Gasteiger partial charge < -0.3 is 9.88 Å². The number of imidazole rings is 1. The Hall–Kier alpha value is -1.88. The molecule has 0 atom stereocenters.